The molecule has 1 saturated heterocycles. The van der Waals surface area contributed by atoms with Crippen molar-refractivity contribution in [2.75, 3.05) is 37.6 Å². The van der Waals surface area contributed by atoms with Gasteiger partial charge in [-0.3, -0.25) is 9.69 Å². The molecule has 162 valence electrons. The van der Waals surface area contributed by atoms with E-state index in [2.05, 4.69) is 39.4 Å². The van der Waals surface area contributed by atoms with Crippen LogP contribution in [0, 0.1) is 0 Å². The van der Waals surface area contributed by atoms with Crippen molar-refractivity contribution >= 4 is 47.2 Å². The Kier molecular flexibility index (Phi) is 8.29. The molecule has 4 rings (SSSR count). The minimum Gasteiger partial charge on any atom is -0.366 e. The van der Waals surface area contributed by atoms with Crippen molar-refractivity contribution in [1.82, 2.24) is 10.2 Å². The summed E-state index contributed by atoms with van der Waals surface area (Å²) in [5, 5.41) is 3.84. The zero-order chi connectivity index (χ0) is 20.2. The summed E-state index contributed by atoms with van der Waals surface area (Å²) >= 11 is 11.9. The number of carbonyl (C=O) groups excluding carboxylic acids is 1. The molecule has 0 radical (unpaired) electrons. The molecule has 2 aromatic carbocycles. The van der Waals surface area contributed by atoms with Crippen LogP contribution in [-0.2, 0) is 6.42 Å². The fourth-order valence-electron chi connectivity index (χ4n) is 4.41. The van der Waals surface area contributed by atoms with E-state index in [0.29, 0.717) is 28.2 Å². The number of nitrogens with one attached hydrogen (secondary N) is 1. The number of hydrogen-bond donors (Lipinski definition) is 1. The maximum atomic E-state index is 12.2. The fourth-order valence-corrected chi connectivity index (χ4v) is 4.71. The van der Waals surface area contributed by atoms with Crippen LogP contribution in [0.25, 0.3) is 0 Å². The molecule has 4 nitrogen and oxygen atoms in total. The van der Waals surface area contributed by atoms with Crippen LogP contribution in [-0.4, -0.2) is 49.6 Å². The summed E-state index contributed by atoms with van der Waals surface area (Å²) in [4.78, 5) is 17.4. The monoisotopic (exact) mass is 467 g/mol. The van der Waals surface area contributed by atoms with Gasteiger partial charge in [0, 0.05) is 43.5 Å². The molecule has 1 N–H and O–H groups in total. The van der Waals surface area contributed by atoms with E-state index in [1.807, 2.05) is 0 Å². The Balaban J connectivity index is 0.00000256. The molecular weight excluding hydrogens is 441 g/mol. The van der Waals surface area contributed by atoms with E-state index in [1.54, 1.807) is 18.2 Å². The number of aryl methyl sites for hydroxylation is 1. The third kappa shape index (κ3) is 5.42. The molecule has 0 aliphatic carbocycles. The summed E-state index contributed by atoms with van der Waals surface area (Å²) in [6.07, 6.45) is 4.49. The topological polar surface area (TPSA) is 35.6 Å². The first-order valence-corrected chi connectivity index (χ1v) is 11.2. The van der Waals surface area contributed by atoms with E-state index in [-0.39, 0.29) is 18.3 Å². The molecule has 7 heteroatoms. The lowest BCUT2D eigenvalue weighted by atomic mass is 9.94. The van der Waals surface area contributed by atoms with Gasteiger partial charge >= 0.3 is 0 Å². The summed E-state index contributed by atoms with van der Waals surface area (Å²) < 4.78 is 0. The van der Waals surface area contributed by atoms with Crippen molar-refractivity contribution < 1.29 is 4.79 Å². The van der Waals surface area contributed by atoms with Gasteiger partial charge in [-0.25, -0.2) is 0 Å². The number of amides is 1. The molecule has 2 aliphatic rings. The maximum Gasteiger partial charge on any atom is 0.251 e. The zero-order valence-electron chi connectivity index (χ0n) is 16.9. The third-order valence-electron chi connectivity index (χ3n) is 5.98. The van der Waals surface area contributed by atoms with Crippen LogP contribution < -0.4 is 10.2 Å². The van der Waals surface area contributed by atoms with Gasteiger partial charge in [-0.05, 0) is 62.1 Å². The van der Waals surface area contributed by atoms with E-state index < -0.39 is 0 Å². The van der Waals surface area contributed by atoms with Crippen LogP contribution in [0.5, 0.6) is 0 Å². The first-order valence-electron chi connectivity index (χ1n) is 10.4. The van der Waals surface area contributed by atoms with Crippen LogP contribution in [0.2, 0.25) is 10.0 Å². The highest BCUT2D eigenvalue weighted by Gasteiger charge is 2.30. The lowest BCUT2D eigenvalue weighted by molar-refractivity contribution is 0.0952. The second-order valence-electron chi connectivity index (χ2n) is 7.91. The highest BCUT2D eigenvalue weighted by molar-refractivity contribution is 6.42. The fraction of sp³-hybridized carbons (Fsp3) is 0.435. The number of carbonyl (C=O) groups is 1. The average Bonchev–Trinajstić information content (AvgIpc) is 2.75. The van der Waals surface area contributed by atoms with Gasteiger partial charge in [0.15, 0.2) is 0 Å². The van der Waals surface area contributed by atoms with Crippen molar-refractivity contribution in [3.63, 3.8) is 0 Å². The lowest BCUT2D eigenvalue weighted by Gasteiger charge is -2.46. The van der Waals surface area contributed by atoms with Crippen molar-refractivity contribution in [3.05, 3.63) is 63.6 Å². The SMILES string of the molecule is Cl.O=C(NCCCCN1CCN2c3ccccc3CCC2C1)c1ccc(Cl)c(Cl)c1. The second-order valence-corrected chi connectivity index (χ2v) is 8.72. The number of unbranched alkanes of at least 4 members (excludes halogenated alkanes) is 1. The summed E-state index contributed by atoms with van der Waals surface area (Å²) in [6.45, 7) is 5.13. The Morgan fingerprint density at radius 1 is 1.07 bits per heavy atom. The number of nitrogens with zero attached hydrogens (tertiary/aromatic N) is 2. The Hall–Kier alpha value is -1.46. The number of rotatable bonds is 6. The van der Waals surface area contributed by atoms with E-state index in [4.69, 9.17) is 23.2 Å². The van der Waals surface area contributed by atoms with Gasteiger partial charge in [0.1, 0.15) is 0 Å². The van der Waals surface area contributed by atoms with E-state index in [9.17, 15) is 4.79 Å². The van der Waals surface area contributed by atoms with Crippen LogP contribution in [0.1, 0.15) is 35.2 Å². The van der Waals surface area contributed by atoms with E-state index in [0.717, 1.165) is 39.0 Å². The molecule has 0 bridgehead atoms. The summed E-state index contributed by atoms with van der Waals surface area (Å²) in [5.41, 5.74) is 3.48. The van der Waals surface area contributed by atoms with Crippen LogP contribution in [0.15, 0.2) is 42.5 Å². The molecule has 0 aromatic heterocycles. The summed E-state index contributed by atoms with van der Waals surface area (Å²) in [6, 6.07) is 14.4. The smallest absolute Gasteiger partial charge is 0.251 e. The highest BCUT2D eigenvalue weighted by atomic mass is 35.5. The van der Waals surface area contributed by atoms with Crippen molar-refractivity contribution in [2.45, 2.75) is 31.7 Å². The normalized spacial score (nSPS) is 18.2. The molecule has 30 heavy (non-hydrogen) atoms. The van der Waals surface area contributed by atoms with Gasteiger partial charge in [0.2, 0.25) is 0 Å². The molecule has 0 spiro atoms. The number of para-hydroxylation sites is 1. The summed E-state index contributed by atoms with van der Waals surface area (Å²) in [5.74, 6) is -0.0990. The Bertz CT molecular complexity index is 877. The zero-order valence-corrected chi connectivity index (χ0v) is 19.3. The Labute approximate surface area is 194 Å². The third-order valence-corrected chi connectivity index (χ3v) is 6.72. The maximum absolute atomic E-state index is 12.2. The molecule has 1 atom stereocenters. The summed E-state index contributed by atoms with van der Waals surface area (Å²) in [7, 11) is 0. The molecule has 0 saturated carbocycles. The standard InChI is InChI=1S/C23H27Cl2N3O.ClH/c24-20-10-8-18(15-21(20)25)23(29)26-11-3-4-12-27-13-14-28-19(16-27)9-7-17-5-1-2-6-22(17)28;/h1-2,5-6,8,10,15,19H,3-4,7,9,11-14,16H2,(H,26,29);1H. The van der Waals surface area contributed by atoms with Gasteiger partial charge in [0.25, 0.3) is 5.91 Å². The molecule has 2 aliphatic heterocycles. The largest absolute Gasteiger partial charge is 0.366 e. The van der Waals surface area contributed by atoms with Gasteiger partial charge in [-0.2, -0.15) is 0 Å². The number of fused-ring (bicyclic) bond motifs is 3. The number of halogens is 3. The average molecular weight is 469 g/mol. The quantitative estimate of drug-likeness (QED) is 0.602. The molecular formula is C23H28Cl3N3O. The number of anilines is 1. The first-order chi connectivity index (χ1) is 14.1. The molecule has 1 fully saturated rings. The van der Waals surface area contributed by atoms with Gasteiger partial charge in [0.05, 0.1) is 10.0 Å². The molecule has 1 amide bonds. The van der Waals surface area contributed by atoms with Crippen LogP contribution in [0.3, 0.4) is 0 Å². The lowest BCUT2D eigenvalue weighted by Crippen LogP contribution is -2.55. The number of hydrogen-bond acceptors (Lipinski definition) is 3. The van der Waals surface area contributed by atoms with Crippen molar-refractivity contribution in [3.8, 4) is 0 Å². The molecule has 2 aromatic rings. The Morgan fingerprint density at radius 2 is 1.90 bits per heavy atom. The predicted molar refractivity (Wildman–Crippen MR) is 128 cm³/mol. The first kappa shape index (κ1) is 23.2. The highest BCUT2D eigenvalue weighted by Crippen LogP contribution is 2.32. The van der Waals surface area contributed by atoms with Gasteiger partial charge < -0.3 is 10.2 Å². The van der Waals surface area contributed by atoms with Gasteiger partial charge in [-0.1, -0.05) is 41.4 Å². The second kappa shape index (κ2) is 10.7. The molecule has 1 unspecified atom stereocenters. The number of piperazine rings is 1. The van der Waals surface area contributed by atoms with E-state index in [1.165, 1.54) is 24.1 Å². The van der Waals surface area contributed by atoms with Crippen LogP contribution in [0.4, 0.5) is 5.69 Å². The number of benzene rings is 2. The Morgan fingerprint density at radius 3 is 2.73 bits per heavy atom. The van der Waals surface area contributed by atoms with Crippen molar-refractivity contribution in [2.24, 2.45) is 0 Å². The minimum absolute atomic E-state index is 0. The molecule has 2 heterocycles. The predicted octanol–water partition coefficient (Wildman–Crippen LogP) is 5.06. The minimum atomic E-state index is -0.0990. The van der Waals surface area contributed by atoms with Crippen LogP contribution >= 0.6 is 35.6 Å². The van der Waals surface area contributed by atoms with Crippen molar-refractivity contribution in [1.29, 1.82) is 0 Å². The van der Waals surface area contributed by atoms with Gasteiger partial charge in [-0.15, -0.1) is 12.4 Å². The van der Waals surface area contributed by atoms with E-state index >= 15 is 0 Å².